The van der Waals surface area contributed by atoms with Gasteiger partial charge in [0.15, 0.2) is 0 Å². The molecule has 0 atom stereocenters. The van der Waals surface area contributed by atoms with Crippen molar-refractivity contribution in [2.45, 2.75) is 0 Å². The van der Waals surface area contributed by atoms with Gasteiger partial charge in [-0.1, -0.05) is 11.6 Å². The SMILES string of the molecule is O=C(Nc1nccnn1)c1cc(Cl)ccn1. The first kappa shape index (κ1) is 10.4. The highest BCUT2D eigenvalue weighted by Crippen LogP contribution is 2.08. The quantitative estimate of drug-likeness (QED) is 0.845. The third-order valence-electron chi connectivity index (χ3n) is 1.66. The summed E-state index contributed by atoms with van der Waals surface area (Å²) in [6, 6.07) is 3.03. The van der Waals surface area contributed by atoms with E-state index < -0.39 is 5.91 Å². The summed E-state index contributed by atoms with van der Waals surface area (Å²) in [6.45, 7) is 0. The number of halogens is 1. The number of hydrogen-bond acceptors (Lipinski definition) is 5. The second-order valence-corrected chi connectivity index (χ2v) is 3.22. The minimum Gasteiger partial charge on any atom is -0.288 e. The number of anilines is 1. The Morgan fingerprint density at radius 3 is 2.81 bits per heavy atom. The number of rotatable bonds is 2. The van der Waals surface area contributed by atoms with Gasteiger partial charge in [-0.3, -0.25) is 15.1 Å². The standard InChI is InChI=1S/C9H6ClN5O/c10-6-1-2-11-7(5-6)8(16)14-9-12-3-4-13-15-9/h1-5H,(H,12,14,15,16). The molecule has 0 radical (unpaired) electrons. The van der Waals surface area contributed by atoms with Gasteiger partial charge in [0.05, 0.1) is 12.4 Å². The van der Waals surface area contributed by atoms with Gasteiger partial charge in [0.25, 0.3) is 5.91 Å². The summed E-state index contributed by atoms with van der Waals surface area (Å²) < 4.78 is 0. The molecule has 2 rings (SSSR count). The van der Waals surface area contributed by atoms with Crippen molar-refractivity contribution in [1.82, 2.24) is 20.2 Å². The molecule has 0 aliphatic carbocycles. The molecule has 2 aromatic rings. The largest absolute Gasteiger partial charge is 0.288 e. The molecule has 1 N–H and O–H groups in total. The van der Waals surface area contributed by atoms with Crippen molar-refractivity contribution in [2.75, 3.05) is 5.32 Å². The fourth-order valence-corrected chi connectivity index (χ4v) is 1.16. The monoisotopic (exact) mass is 235 g/mol. The molecule has 0 bridgehead atoms. The van der Waals surface area contributed by atoms with Gasteiger partial charge >= 0.3 is 0 Å². The van der Waals surface area contributed by atoms with Crippen LogP contribution in [-0.4, -0.2) is 26.1 Å². The lowest BCUT2D eigenvalue weighted by Gasteiger charge is -2.01. The van der Waals surface area contributed by atoms with E-state index in [-0.39, 0.29) is 11.6 Å². The number of carbonyl (C=O) groups is 1. The molecule has 0 saturated carbocycles. The molecule has 80 valence electrons. The van der Waals surface area contributed by atoms with Crippen molar-refractivity contribution >= 4 is 23.5 Å². The maximum absolute atomic E-state index is 11.6. The van der Waals surface area contributed by atoms with Crippen LogP contribution < -0.4 is 5.32 Å². The highest BCUT2D eigenvalue weighted by molar-refractivity contribution is 6.30. The molecule has 0 saturated heterocycles. The molecular formula is C9H6ClN5O. The number of aromatic nitrogens is 4. The van der Waals surface area contributed by atoms with Crippen LogP contribution in [0.1, 0.15) is 10.5 Å². The summed E-state index contributed by atoms with van der Waals surface area (Å²) in [5.41, 5.74) is 0.194. The summed E-state index contributed by atoms with van der Waals surface area (Å²) in [5, 5.41) is 10.1. The van der Waals surface area contributed by atoms with E-state index in [1.807, 2.05) is 0 Å². The van der Waals surface area contributed by atoms with Gasteiger partial charge in [0, 0.05) is 11.2 Å². The van der Waals surface area contributed by atoms with Crippen LogP contribution in [0.3, 0.4) is 0 Å². The van der Waals surface area contributed by atoms with Crippen LogP contribution in [0.25, 0.3) is 0 Å². The molecule has 0 aliphatic heterocycles. The first-order chi connectivity index (χ1) is 7.75. The summed E-state index contributed by atoms with van der Waals surface area (Å²) >= 11 is 5.73. The van der Waals surface area contributed by atoms with Crippen LogP contribution in [0, 0.1) is 0 Å². The van der Waals surface area contributed by atoms with E-state index >= 15 is 0 Å². The van der Waals surface area contributed by atoms with E-state index in [9.17, 15) is 4.79 Å². The first-order valence-corrected chi connectivity index (χ1v) is 4.70. The van der Waals surface area contributed by atoms with Crippen LogP contribution in [-0.2, 0) is 0 Å². The summed E-state index contributed by atoms with van der Waals surface area (Å²) in [5.74, 6) is -0.315. The van der Waals surface area contributed by atoms with Crippen molar-refractivity contribution in [3.8, 4) is 0 Å². The Kier molecular flexibility index (Phi) is 3.02. The zero-order valence-electron chi connectivity index (χ0n) is 7.96. The molecule has 2 aromatic heterocycles. The van der Waals surface area contributed by atoms with Crippen molar-refractivity contribution in [3.63, 3.8) is 0 Å². The lowest BCUT2D eigenvalue weighted by molar-refractivity contribution is 0.102. The van der Waals surface area contributed by atoms with Crippen LogP contribution in [0.5, 0.6) is 0 Å². The molecule has 16 heavy (non-hydrogen) atoms. The second kappa shape index (κ2) is 4.63. The van der Waals surface area contributed by atoms with E-state index in [0.717, 1.165) is 0 Å². The molecule has 7 heteroatoms. The van der Waals surface area contributed by atoms with E-state index in [1.165, 1.54) is 24.7 Å². The van der Waals surface area contributed by atoms with Crippen molar-refractivity contribution in [2.24, 2.45) is 0 Å². The predicted molar refractivity (Wildman–Crippen MR) is 57.0 cm³/mol. The Bertz CT molecular complexity index is 504. The molecule has 0 unspecified atom stereocenters. The van der Waals surface area contributed by atoms with Gasteiger partial charge in [-0.2, -0.15) is 5.10 Å². The highest BCUT2D eigenvalue weighted by Gasteiger charge is 2.09. The fourth-order valence-electron chi connectivity index (χ4n) is 0.999. The second-order valence-electron chi connectivity index (χ2n) is 2.78. The number of carbonyl (C=O) groups excluding carboxylic acids is 1. The number of hydrogen-bond donors (Lipinski definition) is 1. The third-order valence-corrected chi connectivity index (χ3v) is 1.90. The minimum absolute atomic E-state index is 0.120. The molecule has 0 aromatic carbocycles. The Balaban J connectivity index is 2.15. The predicted octanol–water partition coefficient (Wildman–Crippen LogP) is 1.17. The Labute approximate surface area is 95.7 Å². The first-order valence-electron chi connectivity index (χ1n) is 4.32. The van der Waals surface area contributed by atoms with Gasteiger partial charge in [-0.25, -0.2) is 4.98 Å². The molecule has 0 fully saturated rings. The Hall–Kier alpha value is -2.08. The summed E-state index contributed by atoms with van der Waals surface area (Å²) in [7, 11) is 0. The zero-order chi connectivity index (χ0) is 11.4. The van der Waals surface area contributed by atoms with Crippen molar-refractivity contribution < 1.29 is 4.79 Å². The topological polar surface area (TPSA) is 80.7 Å². The molecule has 6 nitrogen and oxygen atoms in total. The average Bonchev–Trinajstić information content (AvgIpc) is 2.30. The molecule has 0 aliphatic rings. The number of nitrogens with zero attached hydrogens (tertiary/aromatic N) is 4. The summed E-state index contributed by atoms with van der Waals surface area (Å²) in [4.78, 5) is 19.3. The van der Waals surface area contributed by atoms with E-state index in [2.05, 4.69) is 25.5 Å². The number of amides is 1. The molecule has 2 heterocycles. The van der Waals surface area contributed by atoms with Crippen molar-refractivity contribution in [1.29, 1.82) is 0 Å². The van der Waals surface area contributed by atoms with E-state index in [1.54, 1.807) is 6.07 Å². The Morgan fingerprint density at radius 2 is 2.12 bits per heavy atom. The van der Waals surface area contributed by atoms with Gasteiger partial charge in [-0.15, -0.1) is 5.10 Å². The van der Waals surface area contributed by atoms with Gasteiger partial charge < -0.3 is 0 Å². The van der Waals surface area contributed by atoms with Crippen LogP contribution >= 0.6 is 11.6 Å². The molecular weight excluding hydrogens is 230 g/mol. The average molecular weight is 236 g/mol. The fraction of sp³-hybridized carbons (Fsp3) is 0. The minimum atomic E-state index is -0.435. The highest BCUT2D eigenvalue weighted by atomic mass is 35.5. The summed E-state index contributed by atoms with van der Waals surface area (Å²) in [6.07, 6.45) is 4.28. The van der Waals surface area contributed by atoms with Gasteiger partial charge in [0.2, 0.25) is 5.95 Å². The van der Waals surface area contributed by atoms with Crippen LogP contribution in [0.15, 0.2) is 30.7 Å². The van der Waals surface area contributed by atoms with E-state index in [0.29, 0.717) is 5.02 Å². The third kappa shape index (κ3) is 2.48. The van der Waals surface area contributed by atoms with Gasteiger partial charge in [-0.05, 0) is 12.1 Å². The van der Waals surface area contributed by atoms with Crippen molar-refractivity contribution in [3.05, 3.63) is 41.4 Å². The van der Waals surface area contributed by atoms with E-state index in [4.69, 9.17) is 11.6 Å². The van der Waals surface area contributed by atoms with Crippen LogP contribution in [0.2, 0.25) is 5.02 Å². The molecule has 1 amide bonds. The lowest BCUT2D eigenvalue weighted by Crippen LogP contribution is -2.15. The lowest BCUT2D eigenvalue weighted by atomic mass is 10.3. The Morgan fingerprint density at radius 1 is 1.25 bits per heavy atom. The van der Waals surface area contributed by atoms with Crippen LogP contribution in [0.4, 0.5) is 5.95 Å². The van der Waals surface area contributed by atoms with Gasteiger partial charge in [0.1, 0.15) is 5.69 Å². The number of pyridine rings is 1. The normalized spacial score (nSPS) is 9.81. The smallest absolute Gasteiger partial charge is 0.276 e. The number of nitrogens with one attached hydrogen (secondary N) is 1. The maximum atomic E-state index is 11.6. The molecule has 0 spiro atoms. The zero-order valence-corrected chi connectivity index (χ0v) is 8.72. The maximum Gasteiger partial charge on any atom is 0.276 e.